The Morgan fingerprint density at radius 1 is 0.474 bits per heavy atom. The molecule has 0 rings (SSSR count). The number of rotatable bonds is 31. The van der Waals surface area contributed by atoms with E-state index in [-0.39, 0.29) is 18.3 Å². The second-order valence-corrected chi connectivity index (χ2v) is 13.4. The van der Waals surface area contributed by atoms with Crippen LogP contribution in [-0.4, -0.2) is 60.3 Å². The molecule has 230 valence electrons. The van der Waals surface area contributed by atoms with Crippen molar-refractivity contribution >= 4 is 9.52 Å². The maximum Gasteiger partial charge on any atom is 0.137 e. The Kier molecular flexibility index (Phi) is 34.0. The standard InChI is InChI=1S/C33H70NO2Si.ClH/c1-6-9-10-11-12-13-14-15-16-17-18-19-20-21-24-27-30-34(4,5)31-28-25-22-23-26-29-32-37-33(35-7-2)36-8-3;/h33H,6-32H2,1-5H3;1H/q+1;/p-1. The Morgan fingerprint density at radius 2 is 0.789 bits per heavy atom. The molecule has 38 heavy (non-hydrogen) atoms. The average Bonchev–Trinajstić information content (AvgIpc) is 2.87. The molecular weight excluding hydrogens is 506 g/mol. The van der Waals surface area contributed by atoms with Crippen molar-refractivity contribution in [2.45, 2.75) is 174 Å². The number of quaternary nitrogens is 1. The lowest BCUT2D eigenvalue weighted by molar-refractivity contribution is -0.890. The van der Waals surface area contributed by atoms with E-state index in [1.165, 1.54) is 165 Å². The summed E-state index contributed by atoms with van der Waals surface area (Å²) in [6.45, 7) is 10.6. The van der Waals surface area contributed by atoms with E-state index in [2.05, 4.69) is 34.9 Å². The summed E-state index contributed by atoms with van der Waals surface area (Å²) in [5, 5.41) is 0. The van der Waals surface area contributed by atoms with E-state index in [4.69, 9.17) is 9.47 Å². The Bertz CT molecular complexity index is 433. The van der Waals surface area contributed by atoms with E-state index in [1.54, 1.807) is 0 Å². The molecule has 0 spiro atoms. The van der Waals surface area contributed by atoms with Crippen LogP contribution in [0.2, 0.25) is 6.04 Å². The average molecular weight is 576 g/mol. The van der Waals surface area contributed by atoms with Gasteiger partial charge in [-0.15, -0.1) is 0 Å². The highest BCUT2D eigenvalue weighted by molar-refractivity contribution is 6.36. The van der Waals surface area contributed by atoms with Crippen LogP contribution in [0.1, 0.15) is 162 Å². The van der Waals surface area contributed by atoms with E-state index in [0.29, 0.717) is 0 Å². The molecule has 5 heteroatoms. The summed E-state index contributed by atoms with van der Waals surface area (Å²) in [6, 6.07) is 1.26. The Balaban J connectivity index is 0. The largest absolute Gasteiger partial charge is 1.00 e. The molecule has 0 aliphatic carbocycles. The van der Waals surface area contributed by atoms with Crippen LogP contribution in [-0.2, 0) is 9.47 Å². The highest BCUT2D eigenvalue weighted by Crippen LogP contribution is 2.15. The van der Waals surface area contributed by atoms with E-state index >= 15 is 0 Å². The summed E-state index contributed by atoms with van der Waals surface area (Å²) in [6.07, 6.45) is 31.6. The first-order valence-corrected chi connectivity index (χ1v) is 18.1. The third-order valence-corrected chi connectivity index (χ3v) is 9.06. The summed E-state index contributed by atoms with van der Waals surface area (Å²) >= 11 is 0. The summed E-state index contributed by atoms with van der Waals surface area (Å²) in [4.78, 5) is 0. The van der Waals surface area contributed by atoms with E-state index in [9.17, 15) is 0 Å². The molecule has 3 nitrogen and oxygen atoms in total. The van der Waals surface area contributed by atoms with Gasteiger partial charge in [0.05, 0.1) is 27.2 Å². The van der Waals surface area contributed by atoms with Crippen LogP contribution < -0.4 is 12.4 Å². The molecule has 0 unspecified atom stereocenters. The summed E-state index contributed by atoms with van der Waals surface area (Å²) in [7, 11) is 5.68. The first-order chi connectivity index (χ1) is 18.1. The van der Waals surface area contributed by atoms with Gasteiger partial charge in [-0.3, -0.25) is 0 Å². The number of nitrogens with zero attached hydrogens (tertiary/aromatic N) is 1. The number of ether oxygens (including phenoxy) is 2. The van der Waals surface area contributed by atoms with Gasteiger partial charge in [0.25, 0.3) is 0 Å². The van der Waals surface area contributed by atoms with Crippen LogP contribution in [0.5, 0.6) is 0 Å². The molecule has 0 N–H and O–H groups in total. The van der Waals surface area contributed by atoms with Crippen LogP contribution in [0, 0.1) is 0 Å². The van der Waals surface area contributed by atoms with Gasteiger partial charge in [-0.05, 0) is 39.5 Å². The van der Waals surface area contributed by atoms with Crippen molar-refractivity contribution in [2.24, 2.45) is 0 Å². The lowest BCUT2D eigenvalue weighted by Crippen LogP contribution is -3.00. The van der Waals surface area contributed by atoms with Crippen molar-refractivity contribution in [1.82, 2.24) is 0 Å². The van der Waals surface area contributed by atoms with Crippen molar-refractivity contribution in [1.29, 1.82) is 0 Å². The predicted octanol–water partition coefficient (Wildman–Crippen LogP) is 7.15. The zero-order valence-electron chi connectivity index (χ0n) is 26.8. The fraction of sp³-hybridized carbons (Fsp3) is 1.00. The quantitative estimate of drug-likeness (QED) is 0.0378. The monoisotopic (exact) mass is 575 g/mol. The van der Waals surface area contributed by atoms with Gasteiger partial charge in [0.15, 0.2) is 0 Å². The van der Waals surface area contributed by atoms with Gasteiger partial charge in [-0.25, -0.2) is 0 Å². The Labute approximate surface area is 249 Å². The first kappa shape index (κ1) is 40.5. The molecule has 0 saturated carbocycles. The first-order valence-electron chi connectivity index (χ1n) is 16.8. The Hall–Kier alpha value is 0.387. The fourth-order valence-corrected chi connectivity index (χ4v) is 6.52. The molecular formula is C33H70ClNO2Si. The second-order valence-electron chi connectivity index (χ2n) is 12.0. The van der Waals surface area contributed by atoms with Crippen LogP contribution in [0.25, 0.3) is 0 Å². The fourth-order valence-electron chi connectivity index (χ4n) is 5.26. The third kappa shape index (κ3) is 30.9. The minimum Gasteiger partial charge on any atom is -1.00 e. The number of halogens is 1. The van der Waals surface area contributed by atoms with Crippen molar-refractivity contribution in [3.8, 4) is 0 Å². The molecule has 0 amide bonds. The highest BCUT2D eigenvalue weighted by Gasteiger charge is 2.13. The van der Waals surface area contributed by atoms with Crippen LogP contribution in [0.3, 0.4) is 0 Å². The van der Waals surface area contributed by atoms with Gasteiger partial charge < -0.3 is 26.4 Å². The van der Waals surface area contributed by atoms with Gasteiger partial charge in [0, 0.05) is 13.2 Å². The third-order valence-electron chi connectivity index (χ3n) is 7.75. The highest BCUT2D eigenvalue weighted by atomic mass is 35.5. The smallest absolute Gasteiger partial charge is 0.137 e. The zero-order valence-corrected chi connectivity index (χ0v) is 28.6. The van der Waals surface area contributed by atoms with E-state index < -0.39 is 0 Å². The second kappa shape index (κ2) is 31.9. The van der Waals surface area contributed by atoms with Crippen LogP contribution in [0.15, 0.2) is 0 Å². The summed E-state index contributed by atoms with van der Waals surface area (Å²) < 4.78 is 12.5. The van der Waals surface area contributed by atoms with Gasteiger partial charge in [-0.2, -0.15) is 0 Å². The molecule has 0 aromatic carbocycles. The maximum absolute atomic E-state index is 5.65. The van der Waals surface area contributed by atoms with Gasteiger partial charge in [-0.1, -0.05) is 129 Å². The normalized spacial score (nSPS) is 11.8. The molecule has 0 heterocycles. The predicted molar refractivity (Wildman–Crippen MR) is 167 cm³/mol. The van der Waals surface area contributed by atoms with Gasteiger partial charge >= 0.3 is 0 Å². The molecule has 0 aliphatic heterocycles. The molecule has 0 saturated heterocycles. The molecule has 0 fully saturated rings. The summed E-state index contributed by atoms with van der Waals surface area (Å²) in [5.74, 6) is 0.0457. The number of hydrogen-bond acceptors (Lipinski definition) is 2. The SMILES string of the molecule is CCCCCCCCCCCCCCCCCC[N+](C)(C)CCCCCCCC[Si]C(OCC)OCC.[Cl-]. The summed E-state index contributed by atoms with van der Waals surface area (Å²) in [5.41, 5.74) is 0. The lowest BCUT2D eigenvalue weighted by atomic mass is 10.0. The molecule has 0 bridgehead atoms. The minimum absolute atomic E-state index is 0. The van der Waals surface area contributed by atoms with Crippen molar-refractivity contribution in [3.05, 3.63) is 0 Å². The molecule has 0 aliphatic rings. The van der Waals surface area contributed by atoms with Crippen LogP contribution >= 0.6 is 0 Å². The molecule has 0 atom stereocenters. The van der Waals surface area contributed by atoms with Crippen molar-refractivity contribution < 1.29 is 26.4 Å². The Morgan fingerprint density at radius 3 is 1.13 bits per heavy atom. The van der Waals surface area contributed by atoms with Gasteiger partial charge in [0.2, 0.25) is 0 Å². The lowest BCUT2D eigenvalue weighted by Gasteiger charge is -2.30. The van der Waals surface area contributed by atoms with Crippen molar-refractivity contribution in [2.75, 3.05) is 40.4 Å². The van der Waals surface area contributed by atoms with E-state index in [0.717, 1.165) is 22.7 Å². The zero-order chi connectivity index (χ0) is 27.3. The topological polar surface area (TPSA) is 18.5 Å². The van der Waals surface area contributed by atoms with Crippen LogP contribution in [0.4, 0.5) is 0 Å². The number of hydrogen-bond donors (Lipinski definition) is 0. The minimum atomic E-state index is 0. The maximum atomic E-state index is 5.65. The number of unbranched alkanes of at least 4 members (excludes halogenated alkanes) is 20. The van der Waals surface area contributed by atoms with E-state index in [1.807, 2.05) is 0 Å². The molecule has 2 radical (unpaired) electrons. The molecule has 0 aromatic rings. The van der Waals surface area contributed by atoms with Crippen molar-refractivity contribution in [3.63, 3.8) is 0 Å². The molecule has 0 aromatic heterocycles. The van der Waals surface area contributed by atoms with Gasteiger partial charge in [0.1, 0.15) is 15.4 Å².